The van der Waals surface area contributed by atoms with Gasteiger partial charge in [-0.1, -0.05) is 0 Å². The Hall–Kier alpha value is -0.610. The summed E-state index contributed by atoms with van der Waals surface area (Å²) in [4.78, 5) is 12.3. The first-order valence-corrected chi connectivity index (χ1v) is 3.77. The molecule has 1 saturated heterocycles. The fourth-order valence-corrected chi connectivity index (χ4v) is 1.20. The highest BCUT2D eigenvalue weighted by Gasteiger charge is 2.31. The summed E-state index contributed by atoms with van der Waals surface area (Å²) in [6.45, 7) is 1.94. The van der Waals surface area contributed by atoms with Crippen molar-refractivity contribution in [1.82, 2.24) is 4.90 Å². The highest BCUT2D eigenvalue weighted by Crippen LogP contribution is 2.14. The van der Waals surface area contributed by atoms with Crippen molar-refractivity contribution < 1.29 is 15.0 Å². The van der Waals surface area contributed by atoms with Crippen LogP contribution in [0.2, 0.25) is 0 Å². The second kappa shape index (κ2) is 3.69. The molecule has 4 heteroatoms. The smallest absolute Gasteiger partial charge is 0.309 e. The molecule has 1 aliphatic heterocycles. The van der Waals surface area contributed by atoms with Crippen LogP contribution in [0.15, 0.2) is 0 Å². The monoisotopic (exact) mass is 158 g/mol. The summed E-state index contributed by atoms with van der Waals surface area (Å²) < 4.78 is 0. The van der Waals surface area contributed by atoms with Gasteiger partial charge in [0.15, 0.2) is 0 Å². The second-order valence-corrected chi connectivity index (χ2v) is 2.85. The van der Waals surface area contributed by atoms with E-state index in [-0.39, 0.29) is 12.5 Å². The molecular weight excluding hydrogens is 146 g/mol. The number of hydrogen-bond acceptors (Lipinski definition) is 2. The number of carboxylic acids is 1. The van der Waals surface area contributed by atoms with Gasteiger partial charge in [-0.15, -0.1) is 0 Å². The molecular formula is C7H12NO3. The largest absolute Gasteiger partial charge is 0.481 e. The minimum absolute atomic E-state index is 0.0613. The normalized spacial score (nSPS) is 19.7. The van der Waals surface area contributed by atoms with Crippen LogP contribution in [0.1, 0.15) is 6.42 Å². The Balaban J connectivity index is 2.05. The third-order valence-corrected chi connectivity index (χ3v) is 1.93. The molecule has 0 amide bonds. The van der Waals surface area contributed by atoms with Gasteiger partial charge in [0.05, 0.1) is 12.5 Å². The van der Waals surface area contributed by atoms with Gasteiger partial charge < -0.3 is 10.0 Å². The Labute approximate surface area is 65.4 Å². The van der Waals surface area contributed by atoms with Gasteiger partial charge in [0.25, 0.3) is 0 Å². The number of aliphatic carboxylic acids is 1. The van der Waals surface area contributed by atoms with Crippen LogP contribution in [0.5, 0.6) is 0 Å². The molecule has 1 fully saturated rings. The average molecular weight is 158 g/mol. The molecule has 0 aromatic rings. The SMILES string of the molecule is [O]CCCN1CC(C(=O)O)C1. The van der Waals surface area contributed by atoms with E-state index in [1.807, 2.05) is 4.90 Å². The lowest BCUT2D eigenvalue weighted by Gasteiger charge is -2.36. The van der Waals surface area contributed by atoms with E-state index in [2.05, 4.69) is 0 Å². The van der Waals surface area contributed by atoms with Crippen LogP contribution in [-0.2, 0) is 9.90 Å². The van der Waals surface area contributed by atoms with E-state index in [0.29, 0.717) is 19.5 Å². The van der Waals surface area contributed by atoms with Crippen molar-refractivity contribution in [3.8, 4) is 0 Å². The number of likely N-dealkylation sites (tertiary alicyclic amines) is 1. The maximum Gasteiger partial charge on any atom is 0.309 e. The topological polar surface area (TPSA) is 60.4 Å². The highest BCUT2D eigenvalue weighted by atomic mass is 16.4. The van der Waals surface area contributed by atoms with Crippen molar-refractivity contribution in [2.75, 3.05) is 26.2 Å². The van der Waals surface area contributed by atoms with Gasteiger partial charge in [-0.3, -0.25) is 4.79 Å². The molecule has 0 saturated carbocycles. The Kier molecular flexibility index (Phi) is 2.84. The Bertz CT molecular complexity index is 143. The summed E-state index contributed by atoms with van der Waals surface area (Å²) in [5.41, 5.74) is 0. The van der Waals surface area contributed by atoms with Crippen molar-refractivity contribution in [1.29, 1.82) is 0 Å². The molecule has 1 radical (unpaired) electrons. The van der Waals surface area contributed by atoms with Crippen molar-refractivity contribution >= 4 is 5.97 Å². The van der Waals surface area contributed by atoms with Crippen molar-refractivity contribution in [2.24, 2.45) is 5.92 Å². The molecule has 1 aliphatic rings. The molecule has 0 aliphatic carbocycles. The second-order valence-electron chi connectivity index (χ2n) is 2.85. The summed E-state index contributed by atoms with van der Waals surface area (Å²) in [5.74, 6) is -0.912. The first-order valence-electron chi connectivity index (χ1n) is 3.77. The molecule has 63 valence electrons. The summed E-state index contributed by atoms with van der Waals surface area (Å²) in [6, 6.07) is 0. The van der Waals surface area contributed by atoms with Crippen LogP contribution in [0.25, 0.3) is 0 Å². The predicted molar refractivity (Wildman–Crippen MR) is 37.7 cm³/mol. The van der Waals surface area contributed by atoms with Crippen LogP contribution in [0.3, 0.4) is 0 Å². The summed E-state index contributed by atoms with van der Waals surface area (Å²) in [5, 5.41) is 18.5. The minimum Gasteiger partial charge on any atom is -0.481 e. The fraction of sp³-hybridized carbons (Fsp3) is 0.857. The van der Waals surface area contributed by atoms with E-state index in [1.165, 1.54) is 0 Å². The minimum atomic E-state index is -0.719. The van der Waals surface area contributed by atoms with Crippen molar-refractivity contribution in [3.63, 3.8) is 0 Å². The van der Waals surface area contributed by atoms with E-state index in [9.17, 15) is 9.90 Å². The first-order chi connectivity index (χ1) is 5.24. The molecule has 11 heavy (non-hydrogen) atoms. The quantitative estimate of drug-likeness (QED) is 0.617. The lowest BCUT2D eigenvalue weighted by molar-refractivity contribution is -0.147. The van der Waals surface area contributed by atoms with Gasteiger partial charge in [0, 0.05) is 19.6 Å². The lowest BCUT2D eigenvalue weighted by atomic mass is 10.0. The standard InChI is InChI=1S/C7H12NO3/c9-3-1-2-8-4-6(5-8)7(10)11/h6H,1-5H2,(H,10,11). The molecule has 0 bridgehead atoms. The van der Waals surface area contributed by atoms with Gasteiger partial charge in [-0.2, -0.15) is 0 Å². The molecule has 0 atom stereocenters. The van der Waals surface area contributed by atoms with Crippen molar-refractivity contribution in [2.45, 2.75) is 6.42 Å². The van der Waals surface area contributed by atoms with E-state index < -0.39 is 5.97 Å². The summed E-state index contributed by atoms with van der Waals surface area (Å²) >= 11 is 0. The van der Waals surface area contributed by atoms with E-state index in [4.69, 9.17) is 5.11 Å². The van der Waals surface area contributed by atoms with E-state index in [0.717, 1.165) is 6.54 Å². The molecule has 4 nitrogen and oxygen atoms in total. The Morgan fingerprint density at radius 1 is 1.55 bits per heavy atom. The molecule has 0 spiro atoms. The predicted octanol–water partition coefficient (Wildman–Crippen LogP) is -0.177. The third-order valence-electron chi connectivity index (χ3n) is 1.93. The van der Waals surface area contributed by atoms with Crippen LogP contribution in [0, 0.1) is 5.92 Å². The number of rotatable bonds is 4. The van der Waals surface area contributed by atoms with Crippen LogP contribution >= 0.6 is 0 Å². The highest BCUT2D eigenvalue weighted by molar-refractivity contribution is 5.71. The number of carboxylic acid groups (broad SMARTS) is 1. The Morgan fingerprint density at radius 2 is 2.18 bits per heavy atom. The first kappa shape index (κ1) is 8.49. The van der Waals surface area contributed by atoms with E-state index >= 15 is 0 Å². The van der Waals surface area contributed by atoms with Crippen LogP contribution in [-0.4, -0.2) is 42.2 Å². The summed E-state index contributed by atoms with van der Waals surface area (Å²) in [7, 11) is 0. The number of carbonyl (C=O) groups is 1. The third kappa shape index (κ3) is 2.17. The zero-order valence-electron chi connectivity index (χ0n) is 6.32. The molecule has 1 heterocycles. The van der Waals surface area contributed by atoms with Crippen molar-refractivity contribution in [3.05, 3.63) is 0 Å². The summed E-state index contributed by atoms with van der Waals surface area (Å²) in [6.07, 6.45) is 0.631. The van der Waals surface area contributed by atoms with Crippen LogP contribution < -0.4 is 0 Å². The zero-order valence-corrected chi connectivity index (χ0v) is 6.32. The maximum absolute atomic E-state index is 10.3. The van der Waals surface area contributed by atoms with Gasteiger partial charge in [-0.05, 0) is 6.42 Å². The molecule has 0 unspecified atom stereocenters. The molecule has 1 rings (SSSR count). The van der Waals surface area contributed by atoms with Gasteiger partial charge in [0.1, 0.15) is 0 Å². The molecule has 0 aromatic carbocycles. The maximum atomic E-state index is 10.3. The Morgan fingerprint density at radius 3 is 2.64 bits per heavy atom. The van der Waals surface area contributed by atoms with Crippen LogP contribution in [0.4, 0.5) is 0 Å². The van der Waals surface area contributed by atoms with E-state index in [1.54, 1.807) is 0 Å². The van der Waals surface area contributed by atoms with Gasteiger partial charge in [0.2, 0.25) is 0 Å². The fourth-order valence-electron chi connectivity index (χ4n) is 1.20. The average Bonchev–Trinajstić information content (AvgIpc) is 1.84. The molecule has 1 N–H and O–H groups in total. The van der Waals surface area contributed by atoms with Gasteiger partial charge in [-0.25, -0.2) is 5.11 Å². The number of hydrogen-bond donors (Lipinski definition) is 1. The zero-order chi connectivity index (χ0) is 8.27. The molecule has 0 aromatic heterocycles. The lowest BCUT2D eigenvalue weighted by Crippen LogP contribution is -2.50. The van der Waals surface area contributed by atoms with Gasteiger partial charge >= 0.3 is 5.97 Å². The number of nitrogens with zero attached hydrogens (tertiary/aromatic N) is 1.